The number of alkyl halides is 2. The third-order valence-electron chi connectivity index (χ3n) is 6.38. The lowest BCUT2D eigenvalue weighted by Gasteiger charge is -2.31. The van der Waals surface area contributed by atoms with E-state index in [0.29, 0.717) is 6.54 Å². The average molecular weight is 447 g/mol. The Labute approximate surface area is 189 Å². The SMILES string of the molecule is C=CCC(F)(F)c1cc(CN2CCC(c3nnn4cnc5[nH]ccc5c34)CC2)ccc1C#N. The third-order valence-corrected chi connectivity index (χ3v) is 6.38. The number of aromatic nitrogens is 5. The Morgan fingerprint density at radius 3 is 2.85 bits per heavy atom. The molecule has 1 aromatic carbocycles. The minimum absolute atomic E-state index is 0.00836. The number of H-pyrrole nitrogens is 1. The number of benzene rings is 1. The predicted octanol–water partition coefficient (Wildman–Crippen LogP) is 4.52. The van der Waals surface area contributed by atoms with Crippen molar-refractivity contribution in [1.82, 2.24) is 29.7 Å². The van der Waals surface area contributed by atoms with Crippen molar-refractivity contribution in [2.45, 2.75) is 37.6 Å². The Morgan fingerprint density at radius 2 is 2.09 bits per heavy atom. The first kappa shape index (κ1) is 21.2. The maximum atomic E-state index is 14.5. The van der Waals surface area contributed by atoms with Crippen molar-refractivity contribution in [1.29, 1.82) is 5.26 Å². The zero-order chi connectivity index (χ0) is 23.0. The summed E-state index contributed by atoms with van der Waals surface area (Å²) in [6.45, 7) is 5.62. The normalized spacial score (nSPS) is 15.8. The molecule has 0 amide bonds. The highest BCUT2D eigenvalue weighted by Gasteiger charge is 2.33. The number of allylic oxidation sites excluding steroid dienone is 1. The standard InChI is InChI=1S/C24H23F2N7/c1-2-8-24(25,26)20-12-16(3-4-18(20)13-27)14-32-10-6-17(7-11-32)21-22-19-5-9-28-23(19)29-15-33(22)31-30-21/h2-5,9,12,15,17,28H,1,6-8,10-11,14H2. The minimum Gasteiger partial charge on any atom is -0.346 e. The summed E-state index contributed by atoms with van der Waals surface area (Å²) in [6, 6.07) is 8.61. The van der Waals surface area contributed by atoms with Crippen LogP contribution < -0.4 is 0 Å². The summed E-state index contributed by atoms with van der Waals surface area (Å²) in [4.78, 5) is 9.74. The second-order valence-electron chi connectivity index (χ2n) is 8.49. The molecule has 0 spiro atoms. The van der Waals surface area contributed by atoms with Crippen LogP contribution in [0.5, 0.6) is 0 Å². The van der Waals surface area contributed by atoms with Crippen LogP contribution in [0, 0.1) is 11.3 Å². The van der Waals surface area contributed by atoms with Crippen molar-refractivity contribution in [2.24, 2.45) is 0 Å². The quantitative estimate of drug-likeness (QED) is 0.439. The van der Waals surface area contributed by atoms with Gasteiger partial charge in [0.15, 0.2) is 0 Å². The van der Waals surface area contributed by atoms with Crippen LogP contribution in [0.15, 0.2) is 49.4 Å². The van der Waals surface area contributed by atoms with Crippen LogP contribution >= 0.6 is 0 Å². The second-order valence-corrected chi connectivity index (χ2v) is 8.49. The molecule has 4 aromatic rings. The number of rotatable bonds is 6. The van der Waals surface area contributed by atoms with E-state index in [9.17, 15) is 14.0 Å². The van der Waals surface area contributed by atoms with Gasteiger partial charge >= 0.3 is 0 Å². The molecule has 1 saturated heterocycles. The molecule has 1 fully saturated rings. The molecule has 168 valence electrons. The van der Waals surface area contributed by atoms with Gasteiger partial charge in [-0.15, -0.1) is 11.7 Å². The van der Waals surface area contributed by atoms with Crippen LogP contribution in [0.4, 0.5) is 8.78 Å². The lowest BCUT2D eigenvalue weighted by Crippen LogP contribution is -2.32. The Morgan fingerprint density at radius 1 is 1.27 bits per heavy atom. The van der Waals surface area contributed by atoms with E-state index < -0.39 is 12.3 Å². The molecule has 5 rings (SSSR count). The number of fused-ring (bicyclic) bond motifs is 3. The zero-order valence-corrected chi connectivity index (χ0v) is 18.0. The molecular formula is C24H23F2N7. The van der Waals surface area contributed by atoms with E-state index in [1.165, 1.54) is 18.2 Å². The van der Waals surface area contributed by atoms with Gasteiger partial charge in [-0.2, -0.15) is 5.26 Å². The summed E-state index contributed by atoms with van der Waals surface area (Å²) in [6.07, 6.45) is 6.03. The van der Waals surface area contributed by atoms with Crippen LogP contribution in [0.1, 0.15) is 47.6 Å². The first-order valence-electron chi connectivity index (χ1n) is 10.9. The predicted molar refractivity (Wildman–Crippen MR) is 120 cm³/mol. The largest absolute Gasteiger partial charge is 0.346 e. The molecule has 1 aliphatic heterocycles. The summed E-state index contributed by atoms with van der Waals surface area (Å²) < 4.78 is 30.8. The first-order chi connectivity index (χ1) is 16.0. The molecular weight excluding hydrogens is 424 g/mol. The van der Waals surface area contributed by atoms with Crippen molar-refractivity contribution in [2.75, 3.05) is 13.1 Å². The lowest BCUT2D eigenvalue weighted by atomic mass is 9.92. The number of nitriles is 1. The van der Waals surface area contributed by atoms with Crippen molar-refractivity contribution >= 4 is 16.6 Å². The molecule has 0 unspecified atom stereocenters. The molecule has 0 atom stereocenters. The number of likely N-dealkylation sites (tertiary alicyclic amines) is 1. The number of hydrogen-bond acceptors (Lipinski definition) is 5. The summed E-state index contributed by atoms with van der Waals surface area (Å²) in [5.41, 5.74) is 3.34. The molecule has 33 heavy (non-hydrogen) atoms. The van der Waals surface area contributed by atoms with Gasteiger partial charge in [-0.25, -0.2) is 18.3 Å². The maximum Gasteiger partial charge on any atom is 0.277 e. The smallest absolute Gasteiger partial charge is 0.277 e. The highest BCUT2D eigenvalue weighted by Crippen LogP contribution is 2.36. The lowest BCUT2D eigenvalue weighted by molar-refractivity contribution is -0.00125. The van der Waals surface area contributed by atoms with E-state index in [0.717, 1.165) is 53.7 Å². The number of aromatic amines is 1. The maximum absolute atomic E-state index is 14.5. The summed E-state index contributed by atoms with van der Waals surface area (Å²) in [5.74, 6) is -2.84. The highest BCUT2D eigenvalue weighted by atomic mass is 19.3. The molecule has 0 saturated carbocycles. The molecule has 0 aliphatic carbocycles. The minimum atomic E-state index is -3.11. The van der Waals surface area contributed by atoms with Crippen molar-refractivity contribution in [3.05, 3.63) is 71.8 Å². The fraction of sp³-hybridized carbons (Fsp3) is 0.333. The van der Waals surface area contributed by atoms with Gasteiger partial charge in [0.2, 0.25) is 0 Å². The van der Waals surface area contributed by atoms with E-state index >= 15 is 0 Å². The fourth-order valence-corrected chi connectivity index (χ4v) is 4.70. The Balaban J connectivity index is 1.32. The van der Waals surface area contributed by atoms with Gasteiger partial charge in [0, 0.05) is 36.0 Å². The number of nitrogens with one attached hydrogen (secondary N) is 1. The molecule has 4 heterocycles. The highest BCUT2D eigenvalue weighted by molar-refractivity contribution is 5.92. The summed E-state index contributed by atoms with van der Waals surface area (Å²) in [5, 5.41) is 19.0. The van der Waals surface area contributed by atoms with Crippen molar-refractivity contribution < 1.29 is 8.78 Å². The third kappa shape index (κ3) is 3.87. The van der Waals surface area contributed by atoms with Crippen LogP contribution in [-0.2, 0) is 12.5 Å². The molecule has 7 nitrogen and oxygen atoms in total. The number of piperidine rings is 1. The van der Waals surface area contributed by atoms with Crippen LogP contribution in [0.2, 0.25) is 0 Å². The average Bonchev–Trinajstić information content (AvgIpc) is 3.46. The van der Waals surface area contributed by atoms with Gasteiger partial charge in [-0.3, -0.25) is 4.90 Å². The van der Waals surface area contributed by atoms with Crippen molar-refractivity contribution in [3.8, 4) is 6.07 Å². The molecule has 0 bridgehead atoms. The zero-order valence-electron chi connectivity index (χ0n) is 18.0. The second kappa shape index (κ2) is 8.37. The molecule has 3 aromatic heterocycles. The first-order valence-corrected chi connectivity index (χ1v) is 10.9. The van der Waals surface area contributed by atoms with Gasteiger partial charge < -0.3 is 4.98 Å². The van der Waals surface area contributed by atoms with Gasteiger partial charge in [0.1, 0.15) is 17.5 Å². The van der Waals surface area contributed by atoms with Crippen LogP contribution in [-0.4, -0.2) is 42.8 Å². The van der Waals surface area contributed by atoms with E-state index in [1.807, 2.05) is 18.3 Å². The number of nitrogens with zero attached hydrogens (tertiary/aromatic N) is 6. The molecule has 1 N–H and O–H groups in total. The number of halogens is 2. The van der Waals surface area contributed by atoms with Gasteiger partial charge in [0.25, 0.3) is 5.92 Å². The Kier molecular flexibility index (Phi) is 5.38. The topological polar surface area (TPSA) is 85.9 Å². The fourth-order valence-electron chi connectivity index (χ4n) is 4.70. The van der Waals surface area contributed by atoms with Gasteiger partial charge in [-0.1, -0.05) is 17.4 Å². The van der Waals surface area contributed by atoms with E-state index in [4.69, 9.17) is 0 Å². The monoisotopic (exact) mass is 447 g/mol. The Hall–Kier alpha value is -3.64. The molecule has 1 aliphatic rings. The molecule has 0 radical (unpaired) electrons. The van der Waals surface area contributed by atoms with Crippen molar-refractivity contribution in [3.63, 3.8) is 0 Å². The van der Waals surface area contributed by atoms with Crippen LogP contribution in [0.25, 0.3) is 16.6 Å². The summed E-state index contributed by atoms with van der Waals surface area (Å²) in [7, 11) is 0. The number of hydrogen-bond donors (Lipinski definition) is 1. The van der Waals surface area contributed by atoms with Crippen LogP contribution in [0.3, 0.4) is 0 Å². The van der Waals surface area contributed by atoms with Gasteiger partial charge in [-0.05, 0) is 49.7 Å². The van der Waals surface area contributed by atoms with E-state index in [1.54, 1.807) is 16.9 Å². The van der Waals surface area contributed by atoms with E-state index in [2.05, 4.69) is 31.8 Å². The van der Waals surface area contributed by atoms with Gasteiger partial charge in [0.05, 0.1) is 17.3 Å². The summed E-state index contributed by atoms with van der Waals surface area (Å²) >= 11 is 0. The van der Waals surface area contributed by atoms with E-state index in [-0.39, 0.29) is 17.0 Å². The molecule has 9 heteroatoms. The Bertz CT molecular complexity index is 1360.